The fourth-order valence-corrected chi connectivity index (χ4v) is 3.91. The van der Waals surface area contributed by atoms with Crippen molar-refractivity contribution in [3.05, 3.63) is 53.2 Å². The molecule has 5 heteroatoms. The van der Waals surface area contributed by atoms with E-state index in [-0.39, 0.29) is 5.97 Å². The Balaban J connectivity index is 2.15. The SMILES string of the molecule is CCCn1c(C)c(-c2ccccc2Cl)c2cc(OC(C)(C)C(=O)OCC)ccc21. The summed E-state index contributed by atoms with van der Waals surface area (Å²) in [5.74, 6) is 0.240. The lowest BCUT2D eigenvalue weighted by Crippen LogP contribution is -2.39. The molecule has 3 aromatic rings. The molecule has 0 aliphatic rings. The monoisotopic (exact) mass is 413 g/mol. The zero-order valence-electron chi connectivity index (χ0n) is 17.7. The van der Waals surface area contributed by atoms with Crippen LogP contribution in [0.2, 0.25) is 5.02 Å². The van der Waals surface area contributed by atoms with Crippen LogP contribution in [-0.2, 0) is 16.1 Å². The summed E-state index contributed by atoms with van der Waals surface area (Å²) in [5.41, 5.74) is 3.30. The zero-order valence-corrected chi connectivity index (χ0v) is 18.5. The number of benzene rings is 2. The molecule has 0 N–H and O–H groups in total. The molecule has 0 atom stereocenters. The molecule has 0 saturated heterocycles. The highest BCUT2D eigenvalue weighted by Gasteiger charge is 2.32. The molecular formula is C24H28ClNO3. The van der Waals surface area contributed by atoms with Crippen molar-refractivity contribution in [2.45, 2.75) is 53.2 Å². The van der Waals surface area contributed by atoms with Crippen LogP contribution in [0.25, 0.3) is 22.0 Å². The van der Waals surface area contributed by atoms with Crippen molar-refractivity contribution in [1.29, 1.82) is 0 Å². The van der Waals surface area contributed by atoms with Crippen LogP contribution in [0, 0.1) is 6.92 Å². The first kappa shape index (κ1) is 21.3. The van der Waals surface area contributed by atoms with E-state index in [4.69, 9.17) is 21.1 Å². The van der Waals surface area contributed by atoms with Crippen LogP contribution in [-0.4, -0.2) is 22.7 Å². The number of nitrogens with zero attached hydrogens (tertiary/aromatic N) is 1. The van der Waals surface area contributed by atoms with E-state index in [1.165, 1.54) is 0 Å². The minimum Gasteiger partial charge on any atom is -0.476 e. The van der Waals surface area contributed by atoms with E-state index >= 15 is 0 Å². The van der Waals surface area contributed by atoms with Crippen LogP contribution in [0.4, 0.5) is 0 Å². The van der Waals surface area contributed by atoms with Crippen molar-refractivity contribution in [2.75, 3.05) is 6.61 Å². The Hall–Kier alpha value is -2.46. The van der Waals surface area contributed by atoms with Crippen LogP contribution in [0.15, 0.2) is 42.5 Å². The second kappa shape index (κ2) is 8.50. The Kier molecular flexibility index (Phi) is 6.23. The van der Waals surface area contributed by atoms with Gasteiger partial charge in [-0.1, -0.05) is 36.7 Å². The third kappa shape index (κ3) is 4.13. The lowest BCUT2D eigenvalue weighted by molar-refractivity contribution is -0.158. The molecule has 29 heavy (non-hydrogen) atoms. The molecule has 4 nitrogen and oxygen atoms in total. The van der Waals surface area contributed by atoms with E-state index < -0.39 is 5.60 Å². The van der Waals surface area contributed by atoms with Crippen molar-refractivity contribution in [2.24, 2.45) is 0 Å². The number of aromatic nitrogens is 1. The number of fused-ring (bicyclic) bond motifs is 1. The molecule has 1 heterocycles. The summed E-state index contributed by atoms with van der Waals surface area (Å²) in [7, 11) is 0. The molecule has 0 aliphatic carbocycles. The smallest absolute Gasteiger partial charge is 0.349 e. The number of esters is 1. The number of carbonyl (C=O) groups is 1. The number of aryl methyl sites for hydroxylation is 1. The van der Waals surface area contributed by atoms with Gasteiger partial charge < -0.3 is 14.0 Å². The Labute approximate surface area is 177 Å². The molecular weight excluding hydrogens is 386 g/mol. The van der Waals surface area contributed by atoms with Gasteiger partial charge in [-0.05, 0) is 58.4 Å². The summed E-state index contributed by atoms with van der Waals surface area (Å²) in [5, 5.41) is 1.77. The van der Waals surface area contributed by atoms with E-state index in [2.05, 4.69) is 24.5 Å². The molecule has 0 spiro atoms. The molecule has 0 fully saturated rings. The van der Waals surface area contributed by atoms with E-state index in [1.807, 2.05) is 36.4 Å². The molecule has 154 valence electrons. The maximum absolute atomic E-state index is 12.2. The number of rotatable bonds is 7. The quantitative estimate of drug-likeness (QED) is 0.420. The Morgan fingerprint density at radius 1 is 1.14 bits per heavy atom. The summed E-state index contributed by atoms with van der Waals surface area (Å²) in [6.45, 7) is 10.8. The molecule has 0 bridgehead atoms. The summed E-state index contributed by atoms with van der Waals surface area (Å²) in [4.78, 5) is 12.2. The molecule has 0 aliphatic heterocycles. The maximum atomic E-state index is 12.2. The highest BCUT2D eigenvalue weighted by molar-refractivity contribution is 6.33. The summed E-state index contributed by atoms with van der Waals surface area (Å²) in [6, 6.07) is 13.8. The van der Waals surface area contributed by atoms with Crippen molar-refractivity contribution in [1.82, 2.24) is 4.57 Å². The van der Waals surface area contributed by atoms with Gasteiger partial charge in [0, 0.05) is 39.3 Å². The van der Waals surface area contributed by atoms with Crippen LogP contribution >= 0.6 is 11.6 Å². The predicted octanol–water partition coefficient (Wildman–Crippen LogP) is 6.40. The van der Waals surface area contributed by atoms with Gasteiger partial charge in [-0.15, -0.1) is 0 Å². The van der Waals surface area contributed by atoms with Gasteiger partial charge >= 0.3 is 5.97 Å². The minimum absolute atomic E-state index is 0.320. The van der Waals surface area contributed by atoms with E-state index in [9.17, 15) is 4.79 Å². The minimum atomic E-state index is -1.07. The molecule has 0 amide bonds. The number of ether oxygens (including phenoxy) is 2. The maximum Gasteiger partial charge on any atom is 0.349 e. The Morgan fingerprint density at radius 3 is 2.52 bits per heavy atom. The van der Waals surface area contributed by atoms with Gasteiger partial charge in [0.05, 0.1) is 6.61 Å². The molecule has 3 rings (SSSR count). The third-order valence-electron chi connectivity index (χ3n) is 5.03. The van der Waals surface area contributed by atoms with Gasteiger partial charge in [0.25, 0.3) is 0 Å². The Bertz CT molecular complexity index is 1040. The summed E-state index contributed by atoms with van der Waals surface area (Å²) >= 11 is 6.54. The second-order valence-electron chi connectivity index (χ2n) is 7.60. The first-order chi connectivity index (χ1) is 13.8. The van der Waals surface area contributed by atoms with Crippen molar-refractivity contribution < 1.29 is 14.3 Å². The molecule has 0 saturated carbocycles. The van der Waals surface area contributed by atoms with Gasteiger partial charge in [0.2, 0.25) is 0 Å². The summed E-state index contributed by atoms with van der Waals surface area (Å²) < 4.78 is 13.5. The van der Waals surface area contributed by atoms with E-state index in [1.54, 1.807) is 20.8 Å². The van der Waals surface area contributed by atoms with Gasteiger partial charge in [0.1, 0.15) is 5.75 Å². The average molecular weight is 414 g/mol. The zero-order chi connectivity index (χ0) is 21.2. The van der Waals surface area contributed by atoms with Gasteiger partial charge in [0.15, 0.2) is 5.60 Å². The molecule has 2 aromatic carbocycles. The van der Waals surface area contributed by atoms with E-state index in [0.29, 0.717) is 17.4 Å². The largest absolute Gasteiger partial charge is 0.476 e. The molecule has 0 unspecified atom stereocenters. The lowest BCUT2D eigenvalue weighted by atomic mass is 10.0. The first-order valence-electron chi connectivity index (χ1n) is 10.0. The van der Waals surface area contributed by atoms with Gasteiger partial charge in [-0.25, -0.2) is 4.79 Å². The predicted molar refractivity (Wildman–Crippen MR) is 119 cm³/mol. The number of carbonyl (C=O) groups excluding carboxylic acids is 1. The van der Waals surface area contributed by atoms with Crippen molar-refractivity contribution >= 4 is 28.5 Å². The van der Waals surface area contributed by atoms with Crippen LogP contribution < -0.4 is 4.74 Å². The standard InChI is InChI=1S/C24H28ClNO3/c1-6-14-26-16(3)22(18-10-8-9-11-20(18)25)19-15-17(12-13-21(19)26)29-24(4,5)23(27)28-7-2/h8-13,15H,6-7,14H2,1-5H3. The average Bonchev–Trinajstić information content (AvgIpc) is 2.94. The Morgan fingerprint density at radius 2 is 1.86 bits per heavy atom. The first-order valence-corrected chi connectivity index (χ1v) is 10.4. The highest BCUT2D eigenvalue weighted by atomic mass is 35.5. The van der Waals surface area contributed by atoms with Crippen molar-refractivity contribution in [3.63, 3.8) is 0 Å². The van der Waals surface area contributed by atoms with Gasteiger partial charge in [-0.2, -0.15) is 0 Å². The van der Waals surface area contributed by atoms with Crippen LogP contribution in [0.1, 0.15) is 39.8 Å². The highest BCUT2D eigenvalue weighted by Crippen LogP contribution is 2.40. The summed E-state index contributed by atoms with van der Waals surface area (Å²) in [6.07, 6.45) is 1.03. The fourth-order valence-electron chi connectivity index (χ4n) is 3.68. The molecule has 0 radical (unpaired) electrons. The number of halogens is 1. The normalized spacial score (nSPS) is 11.7. The molecule has 1 aromatic heterocycles. The number of hydrogen-bond donors (Lipinski definition) is 0. The van der Waals surface area contributed by atoms with Crippen LogP contribution in [0.5, 0.6) is 5.75 Å². The van der Waals surface area contributed by atoms with Crippen molar-refractivity contribution in [3.8, 4) is 16.9 Å². The lowest BCUT2D eigenvalue weighted by Gasteiger charge is -2.24. The second-order valence-corrected chi connectivity index (χ2v) is 8.01. The van der Waals surface area contributed by atoms with Gasteiger partial charge in [-0.3, -0.25) is 0 Å². The van der Waals surface area contributed by atoms with Crippen LogP contribution in [0.3, 0.4) is 0 Å². The number of hydrogen-bond acceptors (Lipinski definition) is 3. The fraction of sp³-hybridized carbons (Fsp3) is 0.375. The third-order valence-corrected chi connectivity index (χ3v) is 5.35. The topological polar surface area (TPSA) is 40.5 Å². The van der Waals surface area contributed by atoms with E-state index in [0.717, 1.165) is 40.7 Å².